The molecule has 106 valence electrons. The third kappa shape index (κ3) is 3.46. The van der Waals surface area contributed by atoms with Gasteiger partial charge in [-0.1, -0.05) is 6.07 Å². The van der Waals surface area contributed by atoms with Gasteiger partial charge in [-0.2, -0.15) is 0 Å². The highest BCUT2D eigenvalue weighted by molar-refractivity contribution is 5.79. The molecule has 2 heterocycles. The van der Waals surface area contributed by atoms with Crippen molar-refractivity contribution >= 4 is 10.9 Å². The molecule has 0 bridgehead atoms. The van der Waals surface area contributed by atoms with E-state index in [0.717, 1.165) is 43.0 Å². The summed E-state index contributed by atoms with van der Waals surface area (Å²) < 4.78 is 11.1. The SMILES string of the molecule is c1cnc2cc(OCCNCC3CCOC3)ccc2c1. The zero-order valence-corrected chi connectivity index (χ0v) is 11.5. The number of ether oxygens (including phenoxy) is 2. The number of pyridine rings is 1. The van der Waals surface area contributed by atoms with Gasteiger partial charge in [0.05, 0.1) is 12.1 Å². The molecule has 3 rings (SSSR count). The monoisotopic (exact) mass is 272 g/mol. The third-order valence-electron chi connectivity index (χ3n) is 3.58. The van der Waals surface area contributed by atoms with Crippen LogP contribution in [0.25, 0.3) is 10.9 Å². The summed E-state index contributed by atoms with van der Waals surface area (Å²) in [7, 11) is 0. The lowest BCUT2D eigenvalue weighted by Gasteiger charge is -2.10. The molecule has 0 radical (unpaired) electrons. The number of nitrogens with one attached hydrogen (secondary N) is 1. The molecule has 1 N–H and O–H groups in total. The lowest BCUT2D eigenvalue weighted by atomic mass is 10.1. The molecule has 1 unspecified atom stereocenters. The number of hydrogen-bond acceptors (Lipinski definition) is 4. The van der Waals surface area contributed by atoms with Gasteiger partial charge >= 0.3 is 0 Å². The summed E-state index contributed by atoms with van der Waals surface area (Å²) in [5.41, 5.74) is 0.973. The molecule has 1 saturated heterocycles. The van der Waals surface area contributed by atoms with Crippen molar-refractivity contribution in [2.24, 2.45) is 5.92 Å². The van der Waals surface area contributed by atoms with E-state index in [1.54, 1.807) is 6.20 Å². The third-order valence-corrected chi connectivity index (χ3v) is 3.58. The Kier molecular flexibility index (Phi) is 4.46. The van der Waals surface area contributed by atoms with Gasteiger partial charge in [-0.15, -0.1) is 0 Å². The normalized spacial score (nSPS) is 18.5. The summed E-state index contributed by atoms with van der Waals surface area (Å²) in [5.74, 6) is 1.54. The number of rotatable bonds is 6. The molecule has 1 aromatic carbocycles. The van der Waals surface area contributed by atoms with E-state index < -0.39 is 0 Å². The Hall–Kier alpha value is -1.65. The Morgan fingerprint density at radius 3 is 3.25 bits per heavy atom. The number of fused-ring (bicyclic) bond motifs is 1. The van der Waals surface area contributed by atoms with Crippen LogP contribution in [-0.2, 0) is 4.74 Å². The van der Waals surface area contributed by atoms with E-state index in [9.17, 15) is 0 Å². The summed E-state index contributed by atoms with van der Waals surface area (Å²) >= 11 is 0. The standard InChI is InChI=1S/C16H20N2O2/c1-2-14-3-4-15(10-16(14)18-6-1)20-9-7-17-11-13-5-8-19-12-13/h1-4,6,10,13,17H,5,7-9,11-12H2. The molecule has 1 aromatic heterocycles. The minimum absolute atomic E-state index is 0.667. The highest BCUT2D eigenvalue weighted by atomic mass is 16.5. The first-order valence-electron chi connectivity index (χ1n) is 7.18. The molecule has 0 saturated carbocycles. The Labute approximate surface area is 119 Å². The van der Waals surface area contributed by atoms with Crippen LogP contribution < -0.4 is 10.1 Å². The topological polar surface area (TPSA) is 43.4 Å². The van der Waals surface area contributed by atoms with E-state index >= 15 is 0 Å². The molecule has 1 fully saturated rings. The molecule has 20 heavy (non-hydrogen) atoms. The van der Waals surface area contributed by atoms with Crippen LogP contribution in [-0.4, -0.2) is 37.9 Å². The van der Waals surface area contributed by atoms with E-state index in [1.807, 2.05) is 24.3 Å². The van der Waals surface area contributed by atoms with Crippen LogP contribution in [0.2, 0.25) is 0 Å². The predicted octanol–water partition coefficient (Wildman–Crippen LogP) is 2.24. The first kappa shape index (κ1) is 13.3. The Bertz CT molecular complexity index is 553. The smallest absolute Gasteiger partial charge is 0.121 e. The molecule has 0 aliphatic carbocycles. The first-order chi connectivity index (χ1) is 9.92. The fourth-order valence-electron chi connectivity index (χ4n) is 2.43. The summed E-state index contributed by atoms with van der Waals surface area (Å²) in [5, 5.41) is 4.55. The van der Waals surface area contributed by atoms with Crippen LogP contribution in [0.3, 0.4) is 0 Å². The van der Waals surface area contributed by atoms with Crippen molar-refractivity contribution < 1.29 is 9.47 Å². The molecular weight excluding hydrogens is 252 g/mol. The number of hydrogen-bond donors (Lipinski definition) is 1. The fraction of sp³-hybridized carbons (Fsp3) is 0.438. The van der Waals surface area contributed by atoms with Gasteiger partial charge in [-0.25, -0.2) is 0 Å². The van der Waals surface area contributed by atoms with Gasteiger partial charge in [-0.3, -0.25) is 4.98 Å². The summed E-state index contributed by atoms with van der Waals surface area (Å²) in [6.07, 6.45) is 2.97. The Morgan fingerprint density at radius 2 is 2.35 bits per heavy atom. The van der Waals surface area contributed by atoms with Crippen molar-refractivity contribution in [3.8, 4) is 5.75 Å². The summed E-state index contributed by atoms with van der Waals surface area (Å²) in [4.78, 5) is 4.33. The van der Waals surface area contributed by atoms with Crippen molar-refractivity contribution in [1.82, 2.24) is 10.3 Å². The van der Waals surface area contributed by atoms with E-state index in [1.165, 1.54) is 6.42 Å². The molecule has 1 atom stereocenters. The fourth-order valence-corrected chi connectivity index (χ4v) is 2.43. The predicted molar refractivity (Wildman–Crippen MR) is 79.0 cm³/mol. The van der Waals surface area contributed by atoms with Gasteiger partial charge < -0.3 is 14.8 Å². The van der Waals surface area contributed by atoms with Gasteiger partial charge in [0.1, 0.15) is 12.4 Å². The van der Waals surface area contributed by atoms with Crippen LogP contribution >= 0.6 is 0 Å². The quantitative estimate of drug-likeness (QED) is 0.819. The minimum atomic E-state index is 0.667. The van der Waals surface area contributed by atoms with E-state index in [2.05, 4.69) is 16.4 Å². The van der Waals surface area contributed by atoms with Crippen molar-refractivity contribution in [3.05, 3.63) is 36.5 Å². The largest absolute Gasteiger partial charge is 0.492 e. The highest BCUT2D eigenvalue weighted by Gasteiger charge is 2.14. The van der Waals surface area contributed by atoms with Crippen molar-refractivity contribution in [1.29, 1.82) is 0 Å². The van der Waals surface area contributed by atoms with Crippen molar-refractivity contribution in [2.45, 2.75) is 6.42 Å². The van der Waals surface area contributed by atoms with Gasteiger partial charge in [-0.05, 0) is 30.5 Å². The number of benzene rings is 1. The zero-order valence-electron chi connectivity index (χ0n) is 11.5. The second-order valence-electron chi connectivity index (χ2n) is 5.14. The Balaban J connectivity index is 1.42. The molecule has 4 nitrogen and oxygen atoms in total. The summed E-state index contributed by atoms with van der Waals surface area (Å²) in [6, 6.07) is 10.0. The Morgan fingerprint density at radius 1 is 1.35 bits per heavy atom. The summed E-state index contributed by atoms with van der Waals surface area (Å²) in [6.45, 7) is 4.35. The molecule has 4 heteroatoms. The average Bonchev–Trinajstić information content (AvgIpc) is 3.00. The van der Waals surface area contributed by atoms with E-state index in [0.29, 0.717) is 12.5 Å². The van der Waals surface area contributed by atoms with E-state index in [-0.39, 0.29) is 0 Å². The second kappa shape index (κ2) is 6.68. The van der Waals surface area contributed by atoms with Crippen LogP contribution in [0.5, 0.6) is 5.75 Å². The zero-order chi connectivity index (χ0) is 13.6. The van der Waals surface area contributed by atoms with Crippen molar-refractivity contribution in [2.75, 3.05) is 32.9 Å². The molecule has 1 aliphatic rings. The molecule has 0 amide bonds. The average molecular weight is 272 g/mol. The van der Waals surface area contributed by atoms with Gasteiger partial charge in [0.15, 0.2) is 0 Å². The van der Waals surface area contributed by atoms with Crippen LogP contribution in [0.15, 0.2) is 36.5 Å². The molecule has 1 aliphatic heterocycles. The van der Waals surface area contributed by atoms with Gasteiger partial charge in [0.25, 0.3) is 0 Å². The van der Waals surface area contributed by atoms with Crippen LogP contribution in [0, 0.1) is 5.92 Å². The highest BCUT2D eigenvalue weighted by Crippen LogP contribution is 2.18. The number of aromatic nitrogens is 1. The van der Waals surface area contributed by atoms with E-state index in [4.69, 9.17) is 9.47 Å². The first-order valence-corrected chi connectivity index (χ1v) is 7.18. The van der Waals surface area contributed by atoms with Crippen molar-refractivity contribution in [3.63, 3.8) is 0 Å². The minimum Gasteiger partial charge on any atom is -0.492 e. The van der Waals surface area contributed by atoms with Crippen LogP contribution in [0.1, 0.15) is 6.42 Å². The maximum atomic E-state index is 5.75. The second-order valence-corrected chi connectivity index (χ2v) is 5.14. The van der Waals surface area contributed by atoms with Crippen LogP contribution in [0.4, 0.5) is 0 Å². The molecular formula is C16H20N2O2. The van der Waals surface area contributed by atoms with Gasteiger partial charge in [0.2, 0.25) is 0 Å². The maximum absolute atomic E-state index is 5.75. The maximum Gasteiger partial charge on any atom is 0.121 e. The number of nitrogens with zero attached hydrogens (tertiary/aromatic N) is 1. The lowest BCUT2D eigenvalue weighted by molar-refractivity contribution is 0.185. The molecule has 2 aromatic rings. The lowest BCUT2D eigenvalue weighted by Crippen LogP contribution is -2.27. The van der Waals surface area contributed by atoms with Gasteiger partial charge in [0, 0.05) is 37.3 Å². The molecule has 0 spiro atoms.